The summed E-state index contributed by atoms with van der Waals surface area (Å²) in [6.07, 6.45) is -7.24. The van der Waals surface area contributed by atoms with Gasteiger partial charge in [-0.1, -0.05) is 49.2 Å². The van der Waals surface area contributed by atoms with Gasteiger partial charge in [0.2, 0.25) is 0 Å². The number of aromatic hydroxyl groups is 1. The lowest BCUT2D eigenvalue weighted by Gasteiger charge is -2.14. The van der Waals surface area contributed by atoms with Crippen molar-refractivity contribution in [2.45, 2.75) is 57.5 Å². The summed E-state index contributed by atoms with van der Waals surface area (Å²) in [7, 11) is 0. The van der Waals surface area contributed by atoms with Gasteiger partial charge in [0.15, 0.2) is 0 Å². The number of benzene rings is 2. The molecule has 0 fully saturated rings. The molecule has 0 amide bonds. The molecule has 0 aromatic heterocycles. The zero-order valence-electron chi connectivity index (χ0n) is 29.7. The molecule has 2 aromatic carbocycles. The molecular formula is C25H37NO4. The Hall–Kier alpha value is -1.92. The van der Waals surface area contributed by atoms with Gasteiger partial charge < -0.3 is 25.4 Å². The highest BCUT2D eigenvalue weighted by molar-refractivity contribution is 5.36. The summed E-state index contributed by atoms with van der Waals surface area (Å²) in [5.41, 5.74) is -0.693. The molecule has 0 saturated heterocycles. The average Bonchev–Trinajstić information content (AvgIpc) is 2.89. The van der Waals surface area contributed by atoms with Crippen LogP contribution in [0.2, 0.25) is 0 Å². The zero-order chi connectivity index (χ0) is 33.0. The van der Waals surface area contributed by atoms with Crippen LogP contribution >= 0.6 is 0 Å². The molecular weight excluding hydrogens is 378 g/mol. The lowest BCUT2D eigenvalue weighted by atomic mass is 10.1. The maximum absolute atomic E-state index is 10.6. The molecule has 0 heterocycles. The second-order valence-electron chi connectivity index (χ2n) is 6.39. The highest BCUT2D eigenvalue weighted by Crippen LogP contribution is 2.22. The van der Waals surface area contributed by atoms with Crippen molar-refractivity contribution in [3.8, 4) is 5.75 Å². The van der Waals surface area contributed by atoms with Gasteiger partial charge in [-0.3, -0.25) is 0 Å². The molecule has 0 aliphatic carbocycles. The van der Waals surface area contributed by atoms with E-state index in [0.29, 0.717) is 12.8 Å². The van der Waals surface area contributed by atoms with E-state index < -0.39 is 92.9 Å². The maximum Gasteiger partial charge on any atom is 0.121 e. The molecule has 0 radical (unpaired) electrons. The summed E-state index contributed by atoms with van der Waals surface area (Å²) < 4.78 is 109. The lowest BCUT2D eigenvalue weighted by Crippen LogP contribution is -2.22. The zero-order valence-corrected chi connectivity index (χ0v) is 16.7. The van der Waals surface area contributed by atoms with Crippen LogP contribution in [0.25, 0.3) is 0 Å². The van der Waals surface area contributed by atoms with Crippen molar-refractivity contribution in [3.63, 3.8) is 0 Å². The van der Waals surface area contributed by atoms with Crippen LogP contribution in [0.1, 0.15) is 79.0 Å². The highest BCUT2D eigenvalue weighted by Gasteiger charge is 2.09. The Morgan fingerprint density at radius 3 is 2.67 bits per heavy atom. The fourth-order valence-electron chi connectivity index (χ4n) is 2.46. The first-order valence-electron chi connectivity index (χ1n) is 16.2. The molecule has 4 N–H and O–H groups in total. The molecule has 0 aliphatic rings. The van der Waals surface area contributed by atoms with E-state index in [9.17, 15) is 15.3 Å². The van der Waals surface area contributed by atoms with Gasteiger partial charge in [-0.15, -0.1) is 0 Å². The van der Waals surface area contributed by atoms with Gasteiger partial charge in [-0.2, -0.15) is 0 Å². The molecule has 0 aliphatic heterocycles. The van der Waals surface area contributed by atoms with Crippen LogP contribution in [-0.2, 0) is 17.7 Å². The van der Waals surface area contributed by atoms with Crippen molar-refractivity contribution in [1.29, 1.82) is 0 Å². The fraction of sp³-hybridized carbons (Fsp3) is 0.520. The molecule has 0 bridgehead atoms. The molecule has 30 heavy (non-hydrogen) atoms. The van der Waals surface area contributed by atoms with Crippen LogP contribution in [0.4, 0.5) is 0 Å². The van der Waals surface area contributed by atoms with Gasteiger partial charge >= 0.3 is 0 Å². The van der Waals surface area contributed by atoms with Gasteiger partial charge in [0, 0.05) is 33.5 Å². The molecule has 0 spiro atoms. The average molecular weight is 429 g/mol. The summed E-state index contributed by atoms with van der Waals surface area (Å²) in [5, 5.41) is 32.3. The second-order valence-corrected chi connectivity index (χ2v) is 6.39. The van der Waals surface area contributed by atoms with E-state index in [1.54, 1.807) is 0 Å². The summed E-state index contributed by atoms with van der Waals surface area (Å²) >= 11 is 0. The van der Waals surface area contributed by atoms with Crippen molar-refractivity contribution in [1.82, 2.24) is 5.32 Å². The Kier molecular flexibility index (Phi) is 5.80. The third kappa shape index (κ3) is 9.72. The topological polar surface area (TPSA) is 82.0 Å². The number of nitrogens with one attached hydrogen (secondary N) is 1. The molecule has 2 rings (SSSR count). The molecule has 1 atom stereocenters. The number of aliphatic hydroxyl groups excluding tert-OH is 1. The van der Waals surface area contributed by atoms with Crippen LogP contribution < -0.4 is 5.32 Å². The van der Waals surface area contributed by atoms with Gasteiger partial charge in [0.25, 0.3) is 0 Å². The van der Waals surface area contributed by atoms with Crippen LogP contribution in [0, 0.1) is 0 Å². The van der Waals surface area contributed by atoms with Crippen molar-refractivity contribution in [2.75, 3.05) is 26.2 Å². The third-order valence-corrected chi connectivity index (χ3v) is 4.05. The van der Waals surface area contributed by atoms with Crippen molar-refractivity contribution < 1.29 is 37.9 Å². The standard InChI is InChI=1S/C25H37NO4/c27-20-23-18-22(13-14-24(23)28)25(29)19-26-15-7-1-2-8-16-30-17-9-6-12-21-10-4-3-5-11-21/h3-5,10-11,13-14,18,25-29H,1-2,6-9,12,15-17,19-20H2/i7D2,8D2,13D,14D,15D2,16D2,18D,20D2. The number of aryl methyl sites for hydroxylation is 1. The first-order chi connectivity index (χ1) is 19.6. The fourth-order valence-corrected chi connectivity index (χ4v) is 2.46. The largest absolute Gasteiger partial charge is 0.508 e. The lowest BCUT2D eigenvalue weighted by molar-refractivity contribution is 0.126. The Balaban J connectivity index is 2.02. The number of ether oxygens (including phenoxy) is 1. The molecule has 166 valence electrons. The number of unbranched alkanes of at least 4 members (excludes halogenated alkanes) is 1. The number of hydrogen-bond donors (Lipinski definition) is 4. The Morgan fingerprint density at radius 1 is 1.07 bits per heavy atom. The summed E-state index contributed by atoms with van der Waals surface area (Å²) in [6, 6.07) is 6.72. The first kappa shape index (κ1) is 11.6. The van der Waals surface area contributed by atoms with Crippen molar-refractivity contribution >= 4 is 0 Å². The van der Waals surface area contributed by atoms with Gasteiger partial charge in [0.05, 0.1) is 22.3 Å². The van der Waals surface area contributed by atoms with E-state index >= 15 is 0 Å². The normalized spacial score (nSPS) is 20.9. The van der Waals surface area contributed by atoms with Crippen LogP contribution in [-0.4, -0.2) is 41.5 Å². The predicted molar refractivity (Wildman–Crippen MR) is 121 cm³/mol. The van der Waals surface area contributed by atoms with E-state index in [1.807, 2.05) is 30.3 Å². The highest BCUT2D eigenvalue weighted by atomic mass is 16.5. The summed E-state index contributed by atoms with van der Waals surface area (Å²) in [4.78, 5) is 0. The predicted octanol–water partition coefficient (Wildman–Crippen LogP) is 4.11. The molecule has 2 aromatic rings. The van der Waals surface area contributed by atoms with Crippen LogP contribution in [0.5, 0.6) is 5.75 Å². The van der Waals surface area contributed by atoms with Gasteiger partial charge in [-0.25, -0.2) is 0 Å². The van der Waals surface area contributed by atoms with Crippen LogP contribution in [0.3, 0.4) is 0 Å². The molecule has 0 saturated carbocycles. The number of aliphatic hydroxyl groups is 2. The van der Waals surface area contributed by atoms with Crippen molar-refractivity contribution in [3.05, 3.63) is 65.1 Å². The monoisotopic (exact) mass is 428 g/mol. The Morgan fingerprint density at radius 2 is 1.87 bits per heavy atom. The number of hydrogen-bond acceptors (Lipinski definition) is 5. The van der Waals surface area contributed by atoms with E-state index in [0.717, 1.165) is 12.0 Å². The van der Waals surface area contributed by atoms with E-state index in [2.05, 4.69) is 5.32 Å². The summed E-state index contributed by atoms with van der Waals surface area (Å²) in [5.74, 6) is -1.18. The second kappa shape index (κ2) is 15.0. The first-order valence-corrected chi connectivity index (χ1v) is 9.72. The van der Waals surface area contributed by atoms with Gasteiger partial charge in [-0.05, 0) is 61.7 Å². The number of phenols is 1. The number of rotatable bonds is 16. The van der Waals surface area contributed by atoms with Crippen molar-refractivity contribution in [2.24, 2.45) is 0 Å². The minimum absolute atomic E-state index is 0.0840. The van der Waals surface area contributed by atoms with Gasteiger partial charge in [0.1, 0.15) is 5.75 Å². The maximum atomic E-state index is 10.6. The smallest absolute Gasteiger partial charge is 0.121 e. The van der Waals surface area contributed by atoms with Crippen LogP contribution in [0.15, 0.2) is 48.5 Å². The summed E-state index contributed by atoms with van der Waals surface area (Å²) in [6.45, 7) is -10.0. The SMILES string of the molecule is [2H]c1c([2H])c(C(O)CNC([2H])([2H])C([2H])([2H])CCC([2H])([2H])C([2H])([2H])OCCCCc2ccccc2)c([2H])c(C([2H])([2H])O)c1O. The Labute approximate surface area is 199 Å². The molecule has 5 heteroatoms. The molecule has 1 unspecified atom stereocenters. The minimum atomic E-state index is -3.31. The third-order valence-electron chi connectivity index (χ3n) is 4.05. The van der Waals surface area contributed by atoms with E-state index in [-0.39, 0.29) is 6.61 Å². The quantitative estimate of drug-likeness (QED) is 0.303. The minimum Gasteiger partial charge on any atom is -0.508 e. The van der Waals surface area contributed by atoms with E-state index in [1.165, 1.54) is 0 Å². The van der Waals surface area contributed by atoms with E-state index in [4.69, 9.17) is 22.6 Å². The Bertz CT molecular complexity index is 1220. The molecule has 5 nitrogen and oxygen atoms in total.